The van der Waals surface area contributed by atoms with Crippen LogP contribution in [0.1, 0.15) is 28.7 Å². The van der Waals surface area contributed by atoms with Crippen LogP contribution in [-0.4, -0.2) is 10.8 Å². The predicted molar refractivity (Wildman–Crippen MR) is 98.4 cm³/mol. The first-order valence-corrected chi connectivity index (χ1v) is 8.58. The van der Waals surface area contributed by atoms with Crippen LogP contribution in [0, 0.1) is 17.0 Å². The van der Waals surface area contributed by atoms with Crippen molar-refractivity contribution < 1.29 is 14.1 Å². The number of benzene rings is 2. The van der Waals surface area contributed by atoms with Gasteiger partial charge in [-0.1, -0.05) is 6.07 Å². The highest BCUT2D eigenvalue weighted by Crippen LogP contribution is 2.31. The number of nitro benzene ring substituents is 1. The summed E-state index contributed by atoms with van der Waals surface area (Å²) in [6.45, 7) is 1.63. The molecule has 2 aromatic carbocycles. The van der Waals surface area contributed by atoms with Gasteiger partial charge in [-0.2, -0.15) is 0 Å². The Labute approximate surface area is 150 Å². The number of carbonyl (C=O) groups is 1. The second-order valence-corrected chi connectivity index (χ2v) is 6.66. The average molecular weight is 350 g/mol. The minimum absolute atomic E-state index is 0.00729. The molecule has 1 aliphatic carbocycles. The van der Waals surface area contributed by atoms with E-state index in [2.05, 4.69) is 17.4 Å². The van der Waals surface area contributed by atoms with Crippen LogP contribution in [0.15, 0.2) is 41.0 Å². The summed E-state index contributed by atoms with van der Waals surface area (Å²) < 4.78 is 5.63. The monoisotopic (exact) mass is 350 g/mol. The molecule has 6 nitrogen and oxygen atoms in total. The highest BCUT2D eigenvalue weighted by molar-refractivity contribution is 5.96. The molecule has 3 aromatic rings. The zero-order valence-electron chi connectivity index (χ0n) is 14.4. The quantitative estimate of drug-likeness (QED) is 0.561. The third-order valence-corrected chi connectivity index (χ3v) is 5.00. The smallest absolute Gasteiger partial charge is 0.274 e. The minimum Gasteiger partial charge on any atom is -0.464 e. The molecule has 0 atom stereocenters. The van der Waals surface area contributed by atoms with E-state index in [4.69, 9.17) is 4.42 Å². The van der Waals surface area contributed by atoms with Gasteiger partial charge in [0.1, 0.15) is 5.58 Å². The Morgan fingerprint density at radius 2 is 2.04 bits per heavy atom. The van der Waals surface area contributed by atoms with E-state index in [9.17, 15) is 14.9 Å². The van der Waals surface area contributed by atoms with Crippen molar-refractivity contribution in [2.24, 2.45) is 0 Å². The molecular formula is C20H18N2O4. The maximum atomic E-state index is 12.5. The van der Waals surface area contributed by atoms with Crippen molar-refractivity contribution in [2.75, 3.05) is 5.32 Å². The second kappa shape index (κ2) is 6.29. The Bertz CT molecular complexity index is 1040. The highest BCUT2D eigenvalue weighted by Gasteiger charge is 2.18. The van der Waals surface area contributed by atoms with Gasteiger partial charge in [0.2, 0.25) is 5.91 Å². The number of nitro groups is 1. The summed E-state index contributed by atoms with van der Waals surface area (Å²) in [7, 11) is 0. The standard InChI is InChI=1S/C20H18N2O4/c1-12-17(6-3-7-18(12)22(24)25)21-20(23)10-15-11-26-19-9-14-5-2-4-13(14)8-16(15)19/h3,6-9,11H,2,4-5,10H2,1H3,(H,21,23). The Morgan fingerprint density at radius 3 is 2.81 bits per heavy atom. The maximum Gasteiger partial charge on any atom is 0.274 e. The van der Waals surface area contributed by atoms with Crippen LogP contribution in [0.2, 0.25) is 0 Å². The van der Waals surface area contributed by atoms with E-state index in [1.54, 1.807) is 25.3 Å². The molecule has 0 fully saturated rings. The summed E-state index contributed by atoms with van der Waals surface area (Å²) in [6, 6.07) is 8.86. The summed E-state index contributed by atoms with van der Waals surface area (Å²) in [5.74, 6) is -0.225. The van der Waals surface area contributed by atoms with E-state index in [0.29, 0.717) is 11.3 Å². The van der Waals surface area contributed by atoms with E-state index in [1.165, 1.54) is 17.2 Å². The molecule has 1 amide bonds. The van der Waals surface area contributed by atoms with E-state index >= 15 is 0 Å². The Morgan fingerprint density at radius 1 is 1.27 bits per heavy atom. The van der Waals surface area contributed by atoms with Crippen molar-refractivity contribution in [2.45, 2.75) is 32.6 Å². The number of hydrogen-bond acceptors (Lipinski definition) is 4. The molecule has 0 saturated heterocycles. The highest BCUT2D eigenvalue weighted by atomic mass is 16.6. The van der Waals surface area contributed by atoms with E-state index in [-0.39, 0.29) is 18.0 Å². The summed E-state index contributed by atoms with van der Waals surface area (Å²) >= 11 is 0. The third kappa shape index (κ3) is 2.83. The molecule has 1 aromatic heterocycles. The molecule has 1 N–H and O–H groups in total. The Kier molecular flexibility index (Phi) is 3.95. The lowest BCUT2D eigenvalue weighted by molar-refractivity contribution is -0.385. The van der Waals surface area contributed by atoms with Crippen molar-refractivity contribution in [3.8, 4) is 0 Å². The number of nitrogens with zero attached hydrogens (tertiary/aromatic N) is 1. The zero-order chi connectivity index (χ0) is 18.3. The zero-order valence-corrected chi connectivity index (χ0v) is 14.4. The largest absolute Gasteiger partial charge is 0.464 e. The molecule has 1 heterocycles. The fourth-order valence-electron chi connectivity index (χ4n) is 3.61. The van der Waals surface area contributed by atoms with E-state index < -0.39 is 4.92 Å². The number of anilines is 1. The lowest BCUT2D eigenvalue weighted by Gasteiger charge is -2.08. The van der Waals surface area contributed by atoms with Gasteiger partial charge in [-0.05, 0) is 55.5 Å². The van der Waals surface area contributed by atoms with Crippen molar-refractivity contribution >= 4 is 28.3 Å². The fourth-order valence-corrected chi connectivity index (χ4v) is 3.61. The van der Waals surface area contributed by atoms with Gasteiger partial charge in [-0.25, -0.2) is 0 Å². The Balaban J connectivity index is 1.57. The second-order valence-electron chi connectivity index (χ2n) is 6.66. The van der Waals surface area contributed by atoms with Crippen molar-refractivity contribution in [1.82, 2.24) is 0 Å². The first-order chi connectivity index (χ1) is 12.5. The van der Waals surface area contributed by atoms with E-state index in [1.807, 2.05) is 0 Å². The number of nitrogens with one attached hydrogen (secondary N) is 1. The molecule has 1 aliphatic rings. The maximum absolute atomic E-state index is 12.5. The van der Waals surface area contributed by atoms with Crippen molar-refractivity contribution in [1.29, 1.82) is 0 Å². The van der Waals surface area contributed by atoms with Crippen LogP contribution in [-0.2, 0) is 24.1 Å². The summed E-state index contributed by atoms with van der Waals surface area (Å²) in [5.41, 5.74) is 5.19. The number of fused-ring (bicyclic) bond motifs is 2. The first-order valence-electron chi connectivity index (χ1n) is 8.58. The molecule has 0 spiro atoms. The number of furan rings is 1. The van der Waals surface area contributed by atoms with Crippen LogP contribution < -0.4 is 5.32 Å². The fraction of sp³-hybridized carbons (Fsp3) is 0.250. The molecule has 0 unspecified atom stereocenters. The van der Waals surface area contributed by atoms with Crippen molar-refractivity contribution in [3.63, 3.8) is 0 Å². The van der Waals surface area contributed by atoms with Gasteiger partial charge in [0, 0.05) is 17.0 Å². The number of carbonyl (C=O) groups excluding carboxylic acids is 1. The summed E-state index contributed by atoms with van der Waals surface area (Å²) in [4.78, 5) is 23.1. The third-order valence-electron chi connectivity index (χ3n) is 5.00. The van der Waals surface area contributed by atoms with Crippen LogP contribution >= 0.6 is 0 Å². The summed E-state index contributed by atoms with van der Waals surface area (Å²) in [5, 5.41) is 14.8. The molecule has 4 rings (SSSR count). The molecule has 0 radical (unpaired) electrons. The van der Waals surface area contributed by atoms with Gasteiger partial charge in [-0.15, -0.1) is 0 Å². The molecule has 6 heteroatoms. The molecular weight excluding hydrogens is 332 g/mol. The topological polar surface area (TPSA) is 85.4 Å². The number of amides is 1. The average Bonchev–Trinajstić information content (AvgIpc) is 3.21. The van der Waals surface area contributed by atoms with Crippen LogP contribution in [0.3, 0.4) is 0 Å². The van der Waals surface area contributed by atoms with E-state index in [0.717, 1.165) is 35.8 Å². The van der Waals surface area contributed by atoms with Gasteiger partial charge >= 0.3 is 0 Å². The van der Waals surface area contributed by atoms with Crippen LogP contribution in [0.5, 0.6) is 0 Å². The lowest BCUT2D eigenvalue weighted by Crippen LogP contribution is -2.15. The molecule has 26 heavy (non-hydrogen) atoms. The molecule has 0 aliphatic heterocycles. The molecule has 132 valence electrons. The molecule has 0 saturated carbocycles. The predicted octanol–water partition coefficient (Wildman–Crippen LogP) is 4.32. The van der Waals surface area contributed by atoms with Crippen molar-refractivity contribution in [3.05, 3.63) is 69.0 Å². The first kappa shape index (κ1) is 16.3. The van der Waals surface area contributed by atoms with Gasteiger partial charge < -0.3 is 9.73 Å². The summed E-state index contributed by atoms with van der Waals surface area (Å²) in [6.07, 6.45) is 5.08. The van der Waals surface area contributed by atoms with Crippen LogP contribution in [0.25, 0.3) is 11.0 Å². The number of hydrogen-bond donors (Lipinski definition) is 1. The van der Waals surface area contributed by atoms with Gasteiger partial charge in [0.25, 0.3) is 5.69 Å². The number of rotatable bonds is 4. The number of aryl methyl sites for hydroxylation is 2. The molecule has 0 bridgehead atoms. The minimum atomic E-state index is -0.449. The normalized spacial score (nSPS) is 13.0. The van der Waals surface area contributed by atoms with Crippen LogP contribution in [0.4, 0.5) is 11.4 Å². The Hall–Kier alpha value is -3.15. The lowest BCUT2D eigenvalue weighted by atomic mass is 10.0. The SMILES string of the molecule is Cc1c(NC(=O)Cc2coc3cc4c(cc23)CCC4)cccc1[N+](=O)[O-]. The van der Waals surface area contributed by atoms with Gasteiger partial charge in [0.05, 0.1) is 28.9 Å². The van der Waals surface area contributed by atoms with Gasteiger partial charge in [0.15, 0.2) is 0 Å². The van der Waals surface area contributed by atoms with Gasteiger partial charge in [-0.3, -0.25) is 14.9 Å².